The Morgan fingerprint density at radius 1 is 1.26 bits per heavy atom. The van der Waals surface area contributed by atoms with Crippen molar-refractivity contribution in [3.63, 3.8) is 0 Å². The molecule has 0 spiro atoms. The maximum Gasteiger partial charge on any atom is 0.122 e. The van der Waals surface area contributed by atoms with Crippen LogP contribution in [0.15, 0.2) is 18.2 Å². The molecule has 0 amide bonds. The second-order valence-electron chi connectivity index (χ2n) is 5.70. The molecule has 1 N–H and O–H groups in total. The van der Waals surface area contributed by atoms with Gasteiger partial charge in [0.25, 0.3) is 0 Å². The fraction of sp³-hybridized carbons (Fsp3) is 0.625. The third-order valence-corrected chi connectivity index (χ3v) is 4.38. The van der Waals surface area contributed by atoms with Gasteiger partial charge in [-0.05, 0) is 55.5 Å². The van der Waals surface area contributed by atoms with E-state index in [0.29, 0.717) is 5.92 Å². The Hall–Kier alpha value is -1.22. The Bertz CT molecular complexity index is 423. The quantitative estimate of drug-likeness (QED) is 0.885. The molecule has 1 saturated heterocycles. The highest BCUT2D eigenvalue weighted by atomic mass is 16.5. The molecule has 3 nitrogen and oxygen atoms in total. The zero-order chi connectivity index (χ0) is 13.9. The molecule has 106 valence electrons. The second kappa shape index (κ2) is 5.83. The second-order valence-corrected chi connectivity index (χ2v) is 5.70. The summed E-state index contributed by atoms with van der Waals surface area (Å²) in [5, 5.41) is 3.71. The fourth-order valence-corrected chi connectivity index (χ4v) is 3.04. The van der Waals surface area contributed by atoms with Gasteiger partial charge in [0, 0.05) is 5.54 Å². The van der Waals surface area contributed by atoms with E-state index in [1.54, 1.807) is 14.2 Å². The topological polar surface area (TPSA) is 30.5 Å². The van der Waals surface area contributed by atoms with Crippen LogP contribution in [0.25, 0.3) is 0 Å². The highest BCUT2D eigenvalue weighted by Crippen LogP contribution is 2.35. The van der Waals surface area contributed by atoms with Gasteiger partial charge in [-0.2, -0.15) is 0 Å². The van der Waals surface area contributed by atoms with Gasteiger partial charge < -0.3 is 14.8 Å². The number of hydrogen-bond donors (Lipinski definition) is 1. The van der Waals surface area contributed by atoms with Gasteiger partial charge in [0.15, 0.2) is 0 Å². The van der Waals surface area contributed by atoms with Crippen molar-refractivity contribution in [2.24, 2.45) is 5.92 Å². The van der Waals surface area contributed by atoms with Gasteiger partial charge in [-0.1, -0.05) is 13.8 Å². The molecule has 2 rings (SSSR count). The molecule has 0 aromatic heterocycles. The van der Waals surface area contributed by atoms with E-state index in [2.05, 4.69) is 25.2 Å². The fourth-order valence-electron chi connectivity index (χ4n) is 3.04. The molecule has 1 aromatic carbocycles. The number of methoxy groups -OCH3 is 2. The van der Waals surface area contributed by atoms with E-state index in [4.69, 9.17) is 9.47 Å². The highest BCUT2D eigenvalue weighted by Gasteiger charge is 2.37. The van der Waals surface area contributed by atoms with E-state index in [1.165, 1.54) is 18.4 Å². The Morgan fingerprint density at radius 2 is 2.05 bits per heavy atom. The van der Waals surface area contributed by atoms with Crippen LogP contribution in [0.4, 0.5) is 0 Å². The SMILES string of the molecule is COc1ccc(OC)c(CC2(C(C)C)CCCN2)c1. The van der Waals surface area contributed by atoms with Crippen molar-refractivity contribution in [3.8, 4) is 11.5 Å². The first-order valence-corrected chi connectivity index (χ1v) is 7.07. The first-order chi connectivity index (χ1) is 9.11. The number of ether oxygens (including phenoxy) is 2. The maximum absolute atomic E-state index is 5.50. The Morgan fingerprint density at radius 3 is 2.58 bits per heavy atom. The lowest BCUT2D eigenvalue weighted by Crippen LogP contribution is -2.46. The highest BCUT2D eigenvalue weighted by molar-refractivity contribution is 5.41. The van der Waals surface area contributed by atoms with E-state index >= 15 is 0 Å². The van der Waals surface area contributed by atoms with E-state index < -0.39 is 0 Å². The molecule has 0 bridgehead atoms. The lowest BCUT2D eigenvalue weighted by atomic mass is 9.79. The van der Waals surface area contributed by atoms with E-state index in [-0.39, 0.29) is 5.54 Å². The van der Waals surface area contributed by atoms with Crippen molar-refractivity contribution in [3.05, 3.63) is 23.8 Å². The zero-order valence-electron chi connectivity index (χ0n) is 12.5. The van der Waals surface area contributed by atoms with Crippen LogP contribution in [0.3, 0.4) is 0 Å². The summed E-state index contributed by atoms with van der Waals surface area (Å²) in [6.07, 6.45) is 3.47. The van der Waals surface area contributed by atoms with Crippen molar-refractivity contribution in [1.82, 2.24) is 5.32 Å². The predicted octanol–water partition coefficient (Wildman–Crippen LogP) is 3.02. The summed E-state index contributed by atoms with van der Waals surface area (Å²) >= 11 is 0. The number of nitrogens with one attached hydrogen (secondary N) is 1. The van der Waals surface area contributed by atoms with Gasteiger partial charge in [0.2, 0.25) is 0 Å². The average molecular weight is 263 g/mol. The zero-order valence-corrected chi connectivity index (χ0v) is 12.5. The molecule has 1 aromatic rings. The third kappa shape index (κ3) is 2.86. The van der Waals surface area contributed by atoms with Crippen molar-refractivity contribution < 1.29 is 9.47 Å². The minimum Gasteiger partial charge on any atom is -0.497 e. The Labute approximate surface area is 116 Å². The first-order valence-electron chi connectivity index (χ1n) is 7.07. The van der Waals surface area contributed by atoms with Gasteiger partial charge in [0.1, 0.15) is 11.5 Å². The van der Waals surface area contributed by atoms with Gasteiger partial charge in [0.05, 0.1) is 14.2 Å². The Kier molecular flexibility index (Phi) is 4.35. The largest absolute Gasteiger partial charge is 0.497 e. The van der Waals surface area contributed by atoms with Gasteiger partial charge in [-0.25, -0.2) is 0 Å². The number of benzene rings is 1. The van der Waals surface area contributed by atoms with E-state index in [9.17, 15) is 0 Å². The van der Waals surface area contributed by atoms with Crippen LogP contribution in [0, 0.1) is 5.92 Å². The van der Waals surface area contributed by atoms with Crippen LogP contribution < -0.4 is 14.8 Å². The molecule has 1 heterocycles. The van der Waals surface area contributed by atoms with Crippen LogP contribution in [0.5, 0.6) is 11.5 Å². The maximum atomic E-state index is 5.50. The predicted molar refractivity (Wildman–Crippen MR) is 78.1 cm³/mol. The minimum absolute atomic E-state index is 0.194. The van der Waals surface area contributed by atoms with Crippen LogP contribution >= 0.6 is 0 Å². The molecule has 1 atom stereocenters. The smallest absolute Gasteiger partial charge is 0.122 e. The van der Waals surface area contributed by atoms with E-state index in [0.717, 1.165) is 24.5 Å². The monoisotopic (exact) mass is 263 g/mol. The molecule has 1 fully saturated rings. The normalized spacial score (nSPS) is 22.8. The molecule has 0 radical (unpaired) electrons. The van der Waals surface area contributed by atoms with Crippen LogP contribution in [-0.4, -0.2) is 26.3 Å². The number of hydrogen-bond acceptors (Lipinski definition) is 3. The molecule has 3 heteroatoms. The van der Waals surface area contributed by atoms with Crippen molar-refractivity contribution in [1.29, 1.82) is 0 Å². The summed E-state index contributed by atoms with van der Waals surface area (Å²) in [5.74, 6) is 2.45. The molecule has 1 unspecified atom stereocenters. The molecule has 0 aliphatic carbocycles. The lowest BCUT2D eigenvalue weighted by molar-refractivity contribution is 0.265. The summed E-state index contributed by atoms with van der Waals surface area (Å²) in [7, 11) is 3.44. The summed E-state index contributed by atoms with van der Waals surface area (Å²) in [4.78, 5) is 0. The summed E-state index contributed by atoms with van der Waals surface area (Å²) < 4.78 is 10.8. The van der Waals surface area contributed by atoms with E-state index in [1.807, 2.05) is 12.1 Å². The summed E-state index contributed by atoms with van der Waals surface area (Å²) in [6.45, 7) is 5.71. The summed E-state index contributed by atoms with van der Waals surface area (Å²) in [6, 6.07) is 6.05. The lowest BCUT2D eigenvalue weighted by Gasteiger charge is -2.34. The molecule has 0 saturated carbocycles. The van der Waals surface area contributed by atoms with Crippen LogP contribution in [0.1, 0.15) is 32.3 Å². The summed E-state index contributed by atoms with van der Waals surface area (Å²) in [5.41, 5.74) is 1.42. The average Bonchev–Trinajstić information content (AvgIpc) is 2.88. The standard InChI is InChI=1S/C16H25NO2/c1-12(2)16(8-5-9-17-16)11-13-10-14(18-3)6-7-15(13)19-4/h6-7,10,12,17H,5,8-9,11H2,1-4H3. The third-order valence-electron chi connectivity index (χ3n) is 4.38. The van der Waals surface area contributed by atoms with Gasteiger partial charge >= 0.3 is 0 Å². The van der Waals surface area contributed by atoms with Crippen molar-refractivity contribution >= 4 is 0 Å². The Balaban J connectivity index is 2.30. The van der Waals surface area contributed by atoms with Crippen molar-refractivity contribution in [2.75, 3.05) is 20.8 Å². The molecule has 1 aliphatic heterocycles. The number of rotatable bonds is 5. The van der Waals surface area contributed by atoms with Crippen LogP contribution in [0.2, 0.25) is 0 Å². The van der Waals surface area contributed by atoms with Gasteiger partial charge in [-0.15, -0.1) is 0 Å². The van der Waals surface area contributed by atoms with Crippen molar-refractivity contribution in [2.45, 2.75) is 38.6 Å². The van der Waals surface area contributed by atoms with Gasteiger partial charge in [-0.3, -0.25) is 0 Å². The van der Waals surface area contributed by atoms with Crippen LogP contribution in [-0.2, 0) is 6.42 Å². The molecular formula is C16H25NO2. The first kappa shape index (κ1) is 14.2. The molecular weight excluding hydrogens is 238 g/mol. The molecule has 1 aliphatic rings. The molecule has 19 heavy (non-hydrogen) atoms. The minimum atomic E-state index is 0.194.